The molecule has 1 aromatic carbocycles. The van der Waals surface area contributed by atoms with Crippen LogP contribution in [0.1, 0.15) is 10.6 Å². The van der Waals surface area contributed by atoms with Gasteiger partial charge in [-0.3, -0.25) is 9.69 Å². The number of aryl methyl sites for hydroxylation is 1. The second-order valence-corrected chi connectivity index (χ2v) is 7.25. The number of aromatic nitrogens is 2. The Hall–Kier alpha value is -2.39. The van der Waals surface area contributed by atoms with Crippen molar-refractivity contribution < 1.29 is 14.3 Å². The summed E-state index contributed by atoms with van der Waals surface area (Å²) in [5.74, 6) is 1.30. The molecule has 0 radical (unpaired) electrons. The Bertz CT molecular complexity index is 891. The van der Waals surface area contributed by atoms with Crippen molar-refractivity contribution in [3.8, 4) is 11.5 Å². The summed E-state index contributed by atoms with van der Waals surface area (Å²) >= 11 is 2.70. The van der Waals surface area contributed by atoms with Crippen molar-refractivity contribution in [3.05, 3.63) is 33.7 Å². The van der Waals surface area contributed by atoms with E-state index >= 15 is 0 Å². The lowest BCUT2D eigenvalue weighted by Crippen LogP contribution is -2.23. The summed E-state index contributed by atoms with van der Waals surface area (Å²) in [6, 6.07) is 5.57. The van der Waals surface area contributed by atoms with Gasteiger partial charge in [0.05, 0.1) is 4.91 Å². The molecule has 2 aromatic rings. The maximum absolute atomic E-state index is 12.4. The van der Waals surface area contributed by atoms with Crippen molar-refractivity contribution in [2.75, 3.05) is 13.8 Å². The zero-order valence-corrected chi connectivity index (χ0v) is 14.5. The molecule has 1 fully saturated rings. The van der Waals surface area contributed by atoms with Crippen LogP contribution in [0.3, 0.4) is 0 Å². The van der Waals surface area contributed by atoms with Gasteiger partial charge in [0.25, 0.3) is 5.91 Å². The molecule has 4 rings (SSSR count). The fourth-order valence-corrected chi connectivity index (χ4v) is 3.80. The van der Waals surface area contributed by atoms with E-state index in [4.69, 9.17) is 9.47 Å². The Morgan fingerprint density at radius 3 is 2.92 bits per heavy atom. The number of carbonyl (C=O) groups is 1. The zero-order valence-electron chi connectivity index (χ0n) is 12.8. The predicted molar refractivity (Wildman–Crippen MR) is 92.6 cm³/mol. The highest BCUT2D eigenvalue weighted by molar-refractivity contribution is 8.18. The molecule has 2 aliphatic rings. The van der Waals surface area contributed by atoms with Gasteiger partial charge >= 0.3 is 0 Å². The number of hydrogen-bond acceptors (Lipinski definition) is 8. The lowest BCUT2D eigenvalue weighted by Gasteiger charge is -2.05. The third-order valence-corrected chi connectivity index (χ3v) is 5.20. The fraction of sp³-hybridized carbons (Fsp3) is 0.200. The van der Waals surface area contributed by atoms with Gasteiger partial charge in [0.2, 0.25) is 11.9 Å². The van der Waals surface area contributed by atoms with E-state index in [0.717, 1.165) is 10.6 Å². The van der Waals surface area contributed by atoms with Crippen molar-refractivity contribution in [3.63, 3.8) is 0 Å². The maximum Gasteiger partial charge on any atom is 0.266 e. The topological polar surface area (TPSA) is 76.9 Å². The van der Waals surface area contributed by atoms with Crippen LogP contribution in [-0.4, -0.2) is 40.0 Å². The predicted octanol–water partition coefficient (Wildman–Crippen LogP) is 2.81. The minimum atomic E-state index is -0.0994. The average molecular weight is 360 g/mol. The lowest BCUT2D eigenvalue weighted by atomic mass is 10.2. The van der Waals surface area contributed by atoms with Crippen LogP contribution in [0.5, 0.6) is 11.5 Å². The molecule has 9 heteroatoms. The Kier molecular flexibility index (Phi) is 3.73. The van der Waals surface area contributed by atoms with E-state index < -0.39 is 0 Å². The zero-order chi connectivity index (χ0) is 16.7. The van der Waals surface area contributed by atoms with Crippen molar-refractivity contribution in [1.82, 2.24) is 15.1 Å². The highest BCUT2D eigenvalue weighted by Crippen LogP contribution is 2.36. The highest BCUT2D eigenvalue weighted by atomic mass is 32.2. The first-order chi connectivity index (χ1) is 11.6. The van der Waals surface area contributed by atoms with E-state index in [0.29, 0.717) is 26.7 Å². The minimum absolute atomic E-state index is 0.0994. The largest absolute Gasteiger partial charge is 0.454 e. The van der Waals surface area contributed by atoms with Crippen molar-refractivity contribution >= 4 is 45.4 Å². The summed E-state index contributed by atoms with van der Waals surface area (Å²) in [6.07, 6.45) is 1.82. The molecular formula is C15H12N4O3S2. The Morgan fingerprint density at radius 1 is 1.29 bits per heavy atom. The third kappa shape index (κ3) is 2.76. The molecule has 0 N–H and O–H groups in total. The fourth-order valence-electron chi connectivity index (χ4n) is 2.22. The SMILES string of the molecule is Cc1nnc(/N=C2/S/C(=C\c3ccc4c(c3)OCO4)C(=O)N2C)s1. The quantitative estimate of drug-likeness (QED) is 0.767. The molecule has 0 spiro atoms. The molecular weight excluding hydrogens is 348 g/mol. The summed E-state index contributed by atoms with van der Waals surface area (Å²) in [5, 5.41) is 9.86. The molecule has 0 aliphatic carbocycles. The number of likely N-dealkylation sites (N-methyl/N-ethyl adjacent to an activating group) is 1. The standard InChI is InChI=1S/C15H12N4O3S2/c1-8-17-18-14(23-8)16-15-19(2)13(20)12(24-15)6-9-3-4-10-11(5-9)22-7-21-10/h3-6H,7H2,1-2H3/b12-6-,16-15+. The van der Waals surface area contributed by atoms with Crippen LogP contribution >= 0.6 is 23.1 Å². The number of aliphatic imine (C=N–C) groups is 1. The number of nitrogens with zero attached hydrogens (tertiary/aromatic N) is 4. The maximum atomic E-state index is 12.4. The number of thioether (sulfide) groups is 1. The number of amidine groups is 1. The number of benzene rings is 1. The van der Waals surface area contributed by atoms with Crippen LogP contribution in [-0.2, 0) is 4.79 Å². The van der Waals surface area contributed by atoms with Crippen LogP contribution in [0.4, 0.5) is 5.13 Å². The molecule has 1 amide bonds. The summed E-state index contributed by atoms with van der Waals surface area (Å²) in [5.41, 5.74) is 0.872. The first-order valence-electron chi connectivity index (χ1n) is 7.06. The number of ether oxygens (including phenoxy) is 2. The first-order valence-corrected chi connectivity index (χ1v) is 8.69. The first kappa shape index (κ1) is 15.2. The monoisotopic (exact) mass is 360 g/mol. The second kappa shape index (κ2) is 5.91. The molecule has 0 bridgehead atoms. The number of carbonyl (C=O) groups excluding carboxylic acids is 1. The molecule has 0 saturated carbocycles. The van der Waals surface area contributed by atoms with E-state index in [2.05, 4.69) is 15.2 Å². The Morgan fingerprint density at radius 2 is 2.12 bits per heavy atom. The van der Waals surface area contributed by atoms with E-state index in [1.807, 2.05) is 31.2 Å². The lowest BCUT2D eigenvalue weighted by molar-refractivity contribution is -0.121. The molecule has 2 aliphatic heterocycles. The van der Waals surface area contributed by atoms with Crippen LogP contribution in [0.25, 0.3) is 6.08 Å². The van der Waals surface area contributed by atoms with E-state index in [9.17, 15) is 4.79 Å². The third-order valence-electron chi connectivity index (χ3n) is 3.40. The molecule has 0 atom stereocenters. The molecule has 122 valence electrons. The summed E-state index contributed by atoms with van der Waals surface area (Å²) in [4.78, 5) is 18.9. The van der Waals surface area contributed by atoms with Gasteiger partial charge in [-0.05, 0) is 42.5 Å². The molecule has 1 saturated heterocycles. The molecule has 7 nitrogen and oxygen atoms in total. The number of amides is 1. The second-order valence-electron chi connectivity index (χ2n) is 5.09. The Balaban J connectivity index is 1.62. The van der Waals surface area contributed by atoms with Gasteiger partial charge in [0.1, 0.15) is 5.01 Å². The average Bonchev–Trinajstić information content (AvgIpc) is 3.25. The summed E-state index contributed by atoms with van der Waals surface area (Å²) < 4.78 is 10.7. The van der Waals surface area contributed by atoms with Crippen molar-refractivity contribution in [2.24, 2.45) is 4.99 Å². The van der Waals surface area contributed by atoms with Gasteiger partial charge in [0, 0.05) is 7.05 Å². The molecule has 0 unspecified atom stereocenters. The van der Waals surface area contributed by atoms with E-state index in [-0.39, 0.29) is 12.7 Å². The minimum Gasteiger partial charge on any atom is -0.454 e. The van der Waals surface area contributed by atoms with Crippen LogP contribution in [0.15, 0.2) is 28.1 Å². The van der Waals surface area contributed by atoms with Gasteiger partial charge < -0.3 is 9.47 Å². The van der Waals surface area contributed by atoms with Gasteiger partial charge in [-0.1, -0.05) is 17.4 Å². The summed E-state index contributed by atoms with van der Waals surface area (Å²) in [6.45, 7) is 2.09. The number of hydrogen-bond donors (Lipinski definition) is 0. The van der Waals surface area contributed by atoms with Gasteiger partial charge in [-0.25, -0.2) is 0 Å². The Labute approximate surface area is 146 Å². The summed E-state index contributed by atoms with van der Waals surface area (Å²) in [7, 11) is 1.70. The molecule has 1 aromatic heterocycles. The van der Waals surface area contributed by atoms with Crippen LogP contribution < -0.4 is 9.47 Å². The van der Waals surface area contributed by atoms with Crippen molar-refractivity contribution in [1.29, 1.82) is 0 Å². The van der Waals surface area contributed by atoms with Crippen LogP contribution in [0, 0.1) is 6.92 Å². The normalized spacial score (nSPS) is 19.8. The van der Waals surface area contributed by atoms with E-state index in [1.165, 1.54) is 28.0 Å². The molecule has 3 heterocycles. The van der Waals surface area contributed by atoms with E-state index in [1.54, 1.807) is 7.05 Å². The van der Waals surface area contributed by atoms with Crippen LogP contribution in [0.2, 0.25) is 0 Å². The smallest absolute Gasteiger partial charge is 0.266 e. The number of rotatable bonds is 2. The van der Waals surface area contributed by atoms with Crippen molar-refractivity contribution in [2.45, 2.75) is 6.92 Å². The molecule has 24 heavy (non-hydrogen) atoms. The van der Waals surface area contributed by atoms with Gasteiger partial charge in [0.15, 0.2) is 16.7 Å². The van der Waals surface area contributed by atoms with Gasteiger partial charge in [-0.2, -0.15) is 4.99 Å². The number of fused-ring (bicyclic) bond motifs is 1. The van der Waals surface area contributed by atoms with Gasteiger partial charge in [-0.15, -0.1) is 10.2 Å². The highest BCUT2D eigenvalue weighted by Gasteiger charge is 2.30.